The van der Waals surface area contributed by atoms with Gasteiger partial charge in [-0.15, -0.1) is 0 Å². The molecule has 0 bridgehead atoms. The number of fused-ring (bicyclic) bond motifs is 1. The van der Waals surface area contributed by atoms with Crippen molar-refractivity contribution in [3.63, 3.8) is 0 Å². The van der Waals surface area contributed by atoms with Crippen LogP contribution >= 0.6 is 15.9 Å². The van der Waals surface area contributed by atoms with Crippen LogP contribution < -0.4 is 11.2 Å². The lowest BCUT2D eigenvalue weighted by Gasteiger charge is -2.23. The quantitative estimate of drug-likeness (QED) is 0.577. The first-order chi connectivity index (χ1) is 15.4. The molecule has 0 unspecified atom stereocenters. The van der Waals surface area contributed by atoms with Gasteiger partial charge in [0.1, 0.15) is 12.2 Å². The second-order valence-corrected chi connectivity index (χ2v) is 10.5. The van der Waals surface area contributed by atoms with Crippen molar-refractivity contribution in [3.05, 3.63) is 79.1 Å². The molecule has 3 atom stereocenters. The van der Waals surface area contributed by atoms with Crippen molar-refractivity contribution in [2.24, 2.45) is 0 Å². The van der Waals surface area contributed by atoms with E-state index in [0.717, 1.165) is 5.57 Å². The van der Waals surface area contributed by atoms with Crippen LogP contribution in [0.25, 0.3) is 0 Å². The van der Waals surface area contributed by atoms with Crippen LogP contribution in [0.1, 0.15) is 51.0 Å². The third-order valence-corrected chi connectivity index (χ3v) is 6.05. The summed E-state index contributed by atoms with van der Waals surface area (Å²) in [5.74, 6) is -1.55. The summed E-state index contributed by atoms with van der Waals surface area (Å²) in [7, 11) is 0. The third-order valence-electron chi connectivity index (χ3n) is 5.50. The Morgan fingerprint density at radius 2 is 1.82 bits per heavy atom. The fraction of sp³-hybridized carbons (Fsp3) is 0.458. The molecule has 176 valence electrons. The van der Waals surface area contributed by atoms with Gasteiger partial charge in [-0.25, -0.2) is 4.79 Å². The van der Waals surface area contributed by atoms with Crippen molar-refractivity contribution in [3.8, 4) is 0 Å². The maximum Gasteiger partial charge on any atom is 0.338 e. The molecule has 0 radical (unpaired) electrons. The van der Waals surface area contributed by atoms with Gasteiger partial charge in [0.15, 0.2) is 5.79 Å². The van der Waals surface area contributed by atoms with Crippen molar-refractivity contribution in [2.75, 3.05) is 6.61 Å². The molecule has 2 heterocycles. The Balaban J connectivity index is 1.80. The molecule has 1 aromatic heterocycles. The highest BCUT2D eigenvalue weighted by atomic mass is 79.9. The molecule has 1 aromatic carbocycles. The number of nitrogens with zero attached hydrogens (tertiary/aromatic N) is 2. The summed E-state index contributed by atoms with van der Waals surface area (Å²) in [6, 6.07) is 7.63. The summed E-state index contributed by atoms with van der Waals surface area (Å²) in [5.41, 5.74) is -0.742. The number of ether oxygens (including phenoxy) is 3. The Labute approximate surface area is 199 Å². The smallest absolute Gasteiger partial charge is 0.338 e. The molecule has 1 saturated heterocycles. The minimum atomic E-state index is -0.857. The van der Waals surface area contributed by atoms with Crippen molar-refractivity contribution in [1.82, 2.24) is 9.13 Å². The standard InChI is InChI=1S/C24H27BrN2O6/c1-23(2,3)31-13-15-11-17(19-18(15)32-24(4,5)33-19)26-12-16(25)21(29)27(22(26)30)20(28)14-9-7-6-8-10-14/h6-12,17-19H,13H2,1-5H3/t17-,18-,19+/m1/s1. The van der Waals surface area contributed by atoms with Gasteiger partial charge in [-0.1, -0.05) is 24.3 Å². The van der Waals surface area contributed by atoms with Gasteiger partial charge in [-0.3, -0.25) is 14.2 Å². The molecule has 4 rings (SSSR count). The molecule has 9 heteroatoms. The highest BCUT2D eigenvalue weighted by Crippen LogP contribution is 2.43. The summed E-state index contributed by atoms with van der Waals surface area (Å²) in [5, 5.41) is 0. The molecule has 0 spiro atoms. The number of hydrogen-bond donors (Lipinski definition) is 0. The number of aromatic nitrogens is 2. The third kappa shape index (κ3) is 4.68. The van der Waals surface area contributed by atoms with E-state index in [-0.39, 0.29) is 15.6 Å². The van der Waals surface area contributed by atoms with Crippen molar-refractivity contribution in [2.45, 2.75) is 64.3 Å². The zero-order valence-corrected chi connectivity index (χ0v) is 20.8. The molecule has 1 aliphatic heterocycles. The van der Waals surface area contributed by atoms with Crippen LogP contribution in [0.15, 0.2) is 62.2 Å². The minimum absolute atomic E-state index is 0.0916. The Morgan fingerprint density at radius 1 is 1.15 bits per heavy atom. The van der Waals surface area contributed by atoms with Gasteiger partial charge in [-0.05, 0) is 68.3 Å². The summed E-state index contributed by atoms with van der Waals surface area (Å²) < 4.78 is 20.3. The number of rotatable bonds is 4. The van der Waals surface area contributed by atoms with Crippen LogP contribution in [0.4, 0.5) is 0 Å². The first-order valence-electron chi connectivity index (χ1n) is 10.7. The zero-order valence-electron chi connectivity index (χ0n) is 19.2. The van der Waals surface area contributed by atoms with Crippen LogP contribution in [-0.2, 0) is 14.2 Å². The van der Waals surface area contributed by atoms with E-state index in [0.29, 0.717) is 11.2 Å². The summed E-state index contributed by atoms with van der Waals surface area (Å²) in [6.07, 6.45) is 2.34. The number of carbonyl (C=O) groups excluding carboxylic acids is 1. The highest BCUT2D eigenvalue weighted by molar-refractivity contribution is 9.10. The van der Waals surface area contributed by atoms with Gasteiger partial charge < -0.3 is 14.2 Å². The lowest BCUT2D eigenvalue weighted by Crippen LogP contribution is -2.46. The Morgan fingerprint density at radius 3 is 2.45 bits per heavy atom. The van der Waals surface area contributed by atoms with Crippen LogP contribution in [0, 0.1) is 0 Å². The number of halogens is 1. The molecule has 2 aromatic rings. The predicted octanol–water partition coefficient (Wildman–Crippen LogP) is 3.28. The molecule has 0 saturated carbocycles. The SMILES string of the molecule is CC(C)(C)OCC1=C[C@@H](n2cc(Br)c(=O)n(C(=O)c3ccccc3)c2=O)[C@@H]2OC(C)(C)O[C@H]12. The Bertz CT molecular complexity index is 1220. The normalized spacial score (nSPS) is 23.9. The Kier molecular flexibility index (Phi) is 6.11. The fourth-order valence-electron chi connectivity index (χ4n) is 4.05. The Hall–Kier alpha value is -2.33. The molecule has 0 amide bonds. The number of hydrogen-bond acceptors (Lipinski definition) is 6. The molecule has 1 fully saturated rings. The van der Waals surface area contributed by atoms with E-state index in [1.807, 2.05) is 40.7 Å². The van der Waals surface area contributed by atoms with Gasteiger partial charge in [0.25, 0.3) is 11.5 Å². The first-order valence-corrected chi connectivity index (χ1v) is 11.5. The fourth-order valence-corrected chi connectivity index (χ4v) is 4.45. The van der Waals surface area contributed by atoms with Crippen LogP contribution in [0.5, 0.6) is 0 Å². The molecule has 1 aliphatic carbocycles. The van der Waals surface area contributed by atoms with Crippen molar-refractivity contribution < 1.29 is 19.0 Å². The zero-order chi connectivity index (χ0) is 24.1. The number of carbonyl (C=O) groups is 1. The first kappa shape index (κ1) is 23.8. The second kappa shape index (κ2) is 8.47. The average molecular weight is 519 g/mol. The number of benzene rings is 1. The van der Waals surface area contributed by atoms with Crippen LogP contribution in [0.2, 0.25) is 0 Å². The summed E-state index contributed by atoms with van der Waals surface area (Å²) in [6.45, 7) is 9.80. The molecular formula is C24H27BrN2O6. The largest absolute Gasteiger partial charge is 0.371 e. The molecule has 33 heavy (non-hydrogen) atoms. The highest BCUT2D eigenvalue weighted by Gasteiger charge is 2.51. The molecule has 2 aliphatic rings. The van der Waals surface area contributed by atoms with Gasteiger partial charge in [-0.2, -0.15) is 4.57 Å². The van der Waals surface area contributed by atoms with E-state index in [9.17, 15) is 14.4 Å². The van der Waals surface area contributed by atoms with E-state index in [1.165, 1.54) is 10.8 Å². The van der Waals surface area contributed by atoms with Gasteiger partial charge in [0.05, 0.1) is 22.7 Å². The lowest BCUT2D eigenvalue weighted by molar-refractivity contribution is -0.148. The van der Waals surface area contributed by atoms with Gasteiger partial charge in [0.2, 0.25) is 0 Å². The van der Waals surface area contributed by atoms with Gasteiger partial charge in [0, 0.05) is 11.8 Å². The monoisotopic (exact) mass is 518 g/mol. The van der Waals surface area contributed by atoms with Crippen LogP contribution in [-0.4, -0.2) is 45.2 Å². The minimum Gasteiger partial charge on any atom is -0.371 e. The predicted molar refractivity (Wildman–Crippen MR) is 125 cm³/mol. The van der Waals surface area contributed by atoms with E-state index in [1.54, 1.807) is 30.3 Å². The summed E-state index contributed by atoms with van der Waals surface area (Å²) >= 11 is 3.22. The topological polar surface area (TPSA) is 88.8 Å². The maximum atomic E-state index is 13.4. The van der Waals surface area contributed by atoms with Gasteiger partial charge >= 0.3 is 5.69 Å². The van der Waals surface area contributed by atoms with E-state index in [2.05, 4.69) is 15.9 Å². The average Bonchev–Trinajstić information content (AvgIpc) is 3.22. The lowest BCUT2D eigenvalue weighted by atomic mass is 10.1. The maximum absolute atomic E-state index is 13.4. The van der Waals surface area contributed by atoms with E-state index < -0.39 is 41.2 Å². The molecule has 0 N–H and O–H groups in total. The summed E-state index contributed by atoms with van der Waals surface area (Å²) in [4.78, 5) is 39.3. The van der Waals surface area contributed by atoms with E-state index in [4.69, 9.17) is 14.2 Å². The molecule has 8 nitrogen and oxygen atoms in total. The van der Waals surface area contributed by atoms with Crippen molar-refractivity contribution >= 4 is 21.8 Å². The van der Waals surface area contributed by atoms with E-state index >= 15 is 0 Å². The molecular weight excluding hydrogens is 492 g/mol. The second-order valence-electron chi connectivity index (χ2n) is 9.63. The van der Waals surface area contributed by atoms with Crippen LogP contribution in [0.3, 0.4) is 0 Å². The van der Waals surface area contributed by atoms with Crippen molar-refractivity contribution in [1.29, 1.82) is 0 Å².